The maximum atomic E-state index is 13.1. The first-order valence-electron chi connectivity index (χ1n) is 8.27. The molecule has 0 saturated carbocycles. The normalized spacial score (nSPS) is 29.4. The lowest BCUT2D eigenvalue weighted by Crippen LogP contribution is -2.57. The molecule has 2 aliphatic heterocycles. The molecule has 2 heterocycles. The van der Waals surface area contributed by atoms with E-state index >= 15 is 0 Å². The number of likely N-dealkylation sites (N-methyl/N-ethyl adjacent to an activating group) is 1. The zero-order valence-corrected chi connectivity index (χ0v) is 14.8. The predicted molar refractivity (Wildman–Crippen MR) is 89.3 cm³/mol. The number of carbonyl (C=O) groups excluding carboxylic acids is 1. The van der Waals surface area contributed by atoms with Crippen molar-refractivity contribution in [2.24, 2.45) is 0 Å². The molecule has 0 aliphatic carbocycles. The highest BCUT2D eigenvalue weighted by molar-refractivity contribution is 7.87. The number of rotatable bonds is 4. The van der Waals surface area contributed by atoms with E-state index in [9.17, 15) is 17.6 Å². The minimum Gasteiger partial charge on any atom is -0.376 e. The average molecular weight is 371 g/mol. The number of benzene rings is 1. The summed E-state index contributed by atoms with van der Waals surface area (Å²) < 4.78 is 46.8. The Morgan fingerprint density at radius 3 is 2.76 bits per heavy atom. The van der Waals surface area contributed by atoms with Crippen molar-refractivity contribution >= 4 is 16.1 Å². The van der Waals surface area contributed by atoms with Gasteiger partial charge in [0.2, 0.25) is 5.91 Å². The highest BCUT2D eigenvalue weighted by Crippen LogP contribution is 2.28. The number of hydrogen-bond acceptors (Lipinski definition) is 4. The van der Waals surface area contributed by atoms with Gasteiger partial charge in [-0.05, 0) is 37.0 Å². The molecule has 1 aromatic rings. The van der Waals surface area contributed by atoms with E-state index in [0.29, 0.717) is 18.7 Å². The summed E-state index contributed by atoms with van der Waals surface area (Å²) in [5.41, 5.74) is 0.620. The fourth-order valence-corrected chi connectivity index (χ4v) is 4.43. The smallest absolute Gasteiger partial charge is 0.280 e. The van der Waals surface area contributed by atoms with Gasteiger partial charge in [-0.25, -0.2) is 4.39 Å². The highest BCUT2D eigenvalue weighted by atomic mass is 32.2. The first-order valence-corrected chi connectivity index (χ1v) is 9.71. The molecule has 2 fully saturated rings. The number of nitrogens with one attached hydrogen (secondary N) is 2. The lowest BCUT2D eigenvalue weighted by atomic mass is 9.99. The number of hydrogen-bond donors (Lipinski definition) is 2. The van der Waals surface area contributed by atoms with E-state index < -0.39 is 28.1 Å². The third-order valence-electron chi connectivity index (χ3n) is 4.67. The lowest BCUT2D eigenvalue weighted by molar-refractivity contribution is -0.125. The third kappa shape index (κ3) is 4.17. The molecule has 1 amide bonds. The SMILES string of the molecule is CN1[C@@H](C(=O)NC[C@H]2CCCO2)C[C@@H](c2ccc(F)cc2)NS1(=O)=O. The minimum absolute atomic E-state index is 0.0134. The summed E-state index contributed by atoms with van der Waals surface area (Å²) in [4.78, 5) is 12.5. The van der Waals surface area contributed by atoms with Gasteiger partial charge >= 0.3 is 0 Å². The van der Waals surface area contributed by atoms with Crippen LogP contribution in [0.4, 0.5) is 4.39 Å². The number of amides is 1. The van der Waals surface area contributed by atoms with Crippen LogP contribution in [-0.4, -0.2) is 51.0 Å². The molecule has 138 valence electrons. The van der Waals surface area contributed by atoms with Crippen molar-refractivity contribution < 1.29 is 22.3 Å². The predicted octanol–water partition coefficient (Wildman–Crippen LogP) is 0.701. The molecule has 0 unspecified atom stereocenters. The Hall–Kier alpha value is -1.55. The molecule has 9 heteroatoms. The van der Waals surface area contributed by atoms with Gasteiger partial charge in [-0.15, -0.1) is 0 Å². The first-order chi connectivity index (χ1) is 11.9. The van der Waals surface area contributed by atoms with Gasteiger partial charge in [-0.2, -0.15) is 17.4 Å². The lowest BCUT2D eigenvalue weighted by Gasteiger charge is -2.36. The molecule has 7 nitrogen and oxygen atoms in total. The first kappa shape index (κ1) is 18.2. The number of nitrogens with zero attached hydrogens (tertiary/aromatic N) is 1. The second-order valence-electron chi connectivity index (χ2n) is 6.37. The van der Waals surface area contributed by atoms with E-state index in [0.717, 1.165) is 17.1 Å². The Morgan fingerprint density at radius 2 is 2.12 bits per heavy atom. The molecule has 2 saturated heterocycles. The zero-order valence-electron chi connectivity index (χ0n) is 13.9. The molecule has 0 radical (unpaired) electrons. The Labute approximate surface area is 146 Å². The van der Waals surface area contributed by atoms with Gasteiger partial charge in [0.25, 0.3) is 10.2 Å². The average Bonchev–Trinajstić information content (AvgIpc) is 3.09. The van der Waals surface area contributed by atoms with Crippen molar-refractivity contribution in [1.82, 2.24) is 14.3 Å². The molecule has 0 aromatic heterocycles. The Morgan fingerprint density at radius 1 is 1.40 bits per heavy atom. The Bertz CT molecular complexity index is 719. The Kier molecular flexibility index (Phi) is 5.38. The maximum Gasteiger partial charge on any atom is 0.280 e. The number of halogens is 1. The second-order valence-corrected chi connectivity index (χ2v) is 8.14. The van der Waals surface area contributed by atoms with Gasteiger partial charge < -0.3 is 10.1 Å². The topological polar surface area (TPSA) is 87.7 Å². The molecule has 25 heavy (non-hydrogen) atoms. The van der Waals surface area contributed by atoms with E-state index in [-0.39, 0.29) is 18.4 Å². The zero-order chi connectivity index (χ0) is 18.0. The van der Waals surface area contributed by atoms with Gasteiger partial charge in [0.1, 0.15) is 11.9 Å². The van der Waals surface area contributed by atoms with Crippen LogP contribution in [0.2, 0.25) is 0 Å². The van der Waals surface area contributed by atoms with Crippen LogP contribution in [0.15, 0.2) is 24.3 Å². The van der Waals surface area contributed by atoms with Crippen molar-refractivity contribution in [2.75, 3.05) is 20.2 Å². The second kappa shape index (κ2) is 7.36. The van der Waals surface area contributed by atoms with Crippen molar-refractivity contribution in [2.45, 2.75) is 37.5 Å². The molecule has 2 N–H and O–H groups in total. The molecule has 3 atom stereocenters. The van der Waals surface area contributed by atoms with E-state index in [4.69, 9.17) is 4.74 Å². The van der Waals surface area contributed by atoms with Crippen LogP contribution in [0.25, 0.3) is 0 Å². The van der Waals surface area contributed by atoms with E-state index in [2.05, 4.69) is 10.0 Å². The minimum atomic E-state index is -3.80. The molecule has 0 spiro atoms. The van der Waals surface area contributed by atoms with Crippen LogP contribution in [0.1, 0.15) is 30.9 Å². The molecule has 2 aliphatic rings. The molecular formula is C16H22FN3O4S. The number of carbonyl (C=O) groups is 1. The summed E-state index contributed by atoms with van der Waals surface area (Å²) in [7, 11) is -2.43. The monoisotopic (exact) mass is 371 g/mol. The van der Waals surface area contributed by atoms with E-state index in [1.165, 1.54) is 31.3 Å². The summed E-state index contributed by atoms with van der Waals surface area (Å²) in [5, 5.41) is 2.79. The highest BCUT2D eigenvalue weighted by Gasteiger charge is 2.40. The van der Waals surface area contributed by atoms with Crippen LogP contribution < -0.4 is 10.0 Å². The van der Waals surface area contributed by atoms with Gasteiger partial charge in [-0.3, -0.25) is 4.79 Å². The number of ether oxygens (including phenoxy) is 1. The van der Waals surface area contributed by atoms with Gasteiger partial charge in [0.05, 0.1) is 6.10 Å². The van der Waals surface area contributed by atoms with Crippen LogP contribution >= 0.6 is 0 Å². The van der Waals surface area contributed by atoms with Gasteiger partial charge in [0, 0.05) is 26.2 Å². The molecule has 1 aromatic carbocycles. The summed E-state index contributed by atoms with van der Waals surface area (Å²) in [6, 6.07) is 4.18. The molecule has 0 bridgehead atoms. The van der Waals surface area contributed by atoms with Crippen molar-refractivity contribution in [3.63, 3.8) is 0 Å². The summed E-state index contributed by atoms with van der Waals surface area (Å²) in [5.74, 6) is -0.749. The summed E-state index contributed by atoms with van der Waals surface area (Å²) in [6.07, 6.45) is 2.10. The van der Waals surface area contributed by atoms with Gasteiger partial charge in [-0.1, -0.05) is 12.1 Å². The maximum absolute atomic E-state index is 13.1. The van der Waals surface area contributed by atoms with E-state index in [1.54, 1.807) is 0 Å². The third-order valence-corrected chi connectivity index (χ3v) is 6.27. The Balaban J connectivity index is 1.72. The molecule has 3 rings (SSSR count). The van der Waals surface area contributed by atoms with E-state index in [1.807, 2.05) is 0 Å². The van der Waals surface area contributed by atoms with Crippen LogP contribution in [0, 0.1) is 5.82 Å². The van der Waals surface area contributed by atoms with Gasteiger partial charge in [0.15, 0.2) is 0 Å². The van der Waals surface area contributed by atoms with Crippen molar-refractivity contribution in [3.8, 4) is 0 Å². The summed E-state index contributed by atoms with van der Waals surface area (Å²) >= 11 is 0. The largest absolute Gasteiger partial charge is 0.376 e. The van der Waals surface area contributed by atoms with Crippen LogP contribution in [0.5, 0.6) is 0 Å². The van der Waals surface area contributed by atoms with Crippen molar-refractivity contribution in [3.05, 3.63) is 35.6 Å². The molecular weight excluding hydrogens is 349 g/mol. The summed E-state index contributed by atoms with van der Waals surface area (Å²) in [6.45, 7) is 1.06. The fraction of sp³-hybridized carbons (Fsp3) is 0.562. The van der Waals surface area contributed by atoms with Crippen molar-refractivity contribution in [1.29, 1.82) is 0 Å². The van der Waals surface area contributed by atoms with Crippen LogP contribution in [0.3, 0.4) is 0 Å². The standard InChI is InChI=1S/C16H22FN3O4S/c1-20-15(16(21)18-10-13-3-2-8-24-13)9-14(19-25(20,22)23)11-4-6-12(17)7-5-11/h4-7,13-15,19H,2-3,8-10H2,1H3,(H,18,21)/t13-,14+,15-/m1/s1. The van der Waals surface area contributed by atoms with Crippen LogP contribution in [-0.2, 0) is 19.7 Å². The quantitative estimate of drug-likeness (QED) is 0.816. The fourth-order valence-electron chi connectivity index (χ4n) is 3.16.